The summed E-state index contributed by atoms with van der Waals surface area (Å²) in [5.41, 5.74) is 3.02. The van der Waals surface area contributed by atoms with E-state index in [0.29, 0.717) is 33.9 Å². The number of carbonyl (C=O) groups is 1. The van der Waals surface area contributed by atoms with Crippen LogP contribution in [0.1, 0.15) is 24.3 Å². The number of hydrogen-bond acceptors (Lipinski definition) is 5. The van der Waals surface area contributed by atoms with Gasteiger partial charge in [-0.3, -0.25) is 4.79 Å². The highest BCUT2D eigenvalue weighted by Crippen LogP contribution is 2.29. The van der Waals surface area contributed by atoms with E-state index in [1.807, 2.05) is 0 Å². The molecule has 0 bridgehead atoms. The van der Waals surface area contributed by atoms with E-state index in [1.165, 1.54) is 5.56 Å². The lowest BCUT2D eigenvalue weighted by molar-refractivity contribution is -0.135. The quantitative estimate of drug-likeness (QED) is 0.523. The number of anilines is 1. The Morgan fingerprint density at radius 3 is 2.74 bits per heavy atom. The van der Waals surface area contributed by atoms with Crippen molar-refractivity contribution in [1.82, 2.24) is 15.0 Å². The topological polar surface area (TPSA) is 62.5 Å². The van der Waals surface area contributed by atoms with Crippen LogP contribution in [0, 0.1) is 12.8 Å². The summed E-state index contributed by atoms with van der Waals surface area (Å²) in [7, 11) is 1.77. The molecule has 1 aromatic heterocycles. The van der Waals surface area contributed by atoms with Crippen LogP contribution in [0.3, 0.4) is 0 Å². The SMILES string of the molecule is Cc1ccc(N2CCC[C@H](C(=O)N(C)Cc3nc(-c4ccc(Cl)cc4Cl)no3)C2)cc1. The summed E-state index contributed by atoms with van der Waals surface area (Å²) in [6.45, 7) is 4.00. The molecule has 1 saturated heterocycles. The molecule has 31 heavy (non-hydrogen) atoms. The van der Waals surface area contributed by atoms with Crippen LogP contribution in [-0.2, 0) is 11.3 Å². The Bertz CT molecular complexity index is 1070. The van der Waals surface area contributed by atoms with Gasteiger partial charge in [-0.05, 0) is 50.1 Å². The van der Waals surface area contributed by atoms with E-state index in [2.05, 4.69) is 46.2 Å². The second kappa shape index (κ2) is 9.28. The van der Waals surface area contributed by atoms with Gasteiger partial charge in [0.25, 0.3) is 0 Å². The molecule has 1 aliphatic heterocycles. The Morgan fingerprint density at radius 1 is 1.23 bits per heavy atom. The minimum absolute atomic E-state index is 0.0619. The van der Waals surface area contributed by atoms with Gasteiger partial charge in [0, 0.05) is 36.4 Å². The highest BCUT2D eigenvalue weighted by Gasteiger charge is 2.29. The third-order valence-corrected chi connectivity index (χ3v) is 6.11. The Morgan fingerprint density at radius 2 is 2.00 bits per heavy atom. The molecule has 6 nitrogen and oxygen atoms in total. The summed E-state index contributed by atoms with van der Waals surface area (Å²) in [6, 6.07) is 13.5. The third-order valence-electron chi connectivity index (χ3n) is 5.56. The van der Waals surface area contributed by atoms with Gasteiger partial charge in [-0.15, -0.1) is 0 Å². The van der Waals surface area contributed by atoms with Gasteiger partial charge in [0.15, 0.2) is 0 Å². The number of aryl methyl sites for hydroxylation is 1. The zero-order chi connectivity index (χ0) is 22.0. The van der Waals surface area contributed by atoms with Crippen molar-refractivity contribution in [3.8, 4) is 11.4 Å². The molecule has 1 atom stereocenters. The third kappa shape index (κ3) is 5.02. The Kier molecular flexibility index (Phi) is 6.49. The van der Waals surface area contributed by atoms with Crippen LogP contribution in [0.25, 0.3) is 11.4 Å². The van der Waals surface area contributed by atoms with Gasteiger partial charge in [-0.2, -0.15) is 4.98 Å². The summed E-state index contributed by atoms with van der Waals surface area (Å²) in [6.07, 6.45) is 1.86. The molecular weight excluding hydrogens is 435 g/mol. The first-order valence-electron chi connectivity index (χ1n) is 10.3. The van der Waals surface area contributed by atoms with E-state index in [-0.39, 0.29) is 18.4 Å². The van der Waals surface area contributed by atoms with E-state index in [0.717, 1.165) is 25.1 Å². The summed E-state index contributed by atoms with van der Waals surface area (Å²) < 4.78 is 5.36. The molecule has 0 spiro atoms. The van der Waals surface area contributed by atoms with E-state index in [1.54, 1.807) is 30.1 Å². The average molecular weight is 459 g/mol. The lowest BCUT2D eigenvalue weighted by Gasteiger charge is -2.35. The minimum atomic E-state index is -0.0619. The van der Waals surface area contributed by atoms with Crippen molar-refractivity contribution in [2.45, 2.75) is 26.3 Å². The normalized spacial score (nSPS) is 16.4. The number of piperidine rings is 1. The number of benzene rings is 2. The van der Waals surface area contributed by atoms with Crippen molar-refractivity contribution in [3.05, 3.63) is 64.0 Å². The summed E-state index contributed by atoms with van der Waals surface area (Å²) in [5.74, 6) is 0.762. The molecule has 2 aromatic carbocycles. The number of aromatic nitrogens is 2. The first-order chi connectivity index (χ1) is 14.9. The maximum atomic E-state index is 13.1. The summed E-state index contributed by atoms with van der Waals surface area (Å²) >= 11 is 12.2. The Balaban J connectivity index is 1.40. The van der Waals surface area contributed by atoms with Crippen molar-refractivity contribution in [3.63, 3.8) is 0 Å². The Labute approximate surface area is 191 Å². The van der Waals surface area contributed by atoms with Crippen LogP contribution in [-0.4, -0.2) is 41.1 Å². The molecule has 1 amide bonds. The number of halogens is 2. The molecule has 2 heterocycles. The molecule has 4 rings (SSSR count). The fraction of sp³-hybridized carbons (Fsp3) is 0.348. The lowest BCUT2D eigenvalue weighted by atomic mass is 9.96. The second-order valence-corrected chi connectivity index (χ2v) is 8.79. The molecule has 162 valence electrons. The van der Waals surface area contributed by atoms with Crippen LogP contribution in [0.15, 0.2) is 47.0 Å². The fourth-order valence-corrected chi connectivity index (χ4v) is 4.35. The highest BCUT2D eigenvalue weighted by atomic mass is 35.5. The molecule has 1 aliphatic rings. The predicted octanol–water partition coefficient (Wildman–Crippen LogP) is 5.23. The van der Waals surface area contributed by atoms with Crippen molar-refractivity contribution in [2.24, 2.45) is 5.92 Å². The number of rotatable bonds is 5. The first kappa shape index (κ1) is 21.7. The molecular formula is C23H24Cl2N4O2. The molecule has 0 saturated carbocycles. The molecule has 0 aliphatic carbocycles. The van der Waals surface area contributed by atoms with E-state index in [4.69, 9.17) is 27.7 Å². The first-order valence-corrected chi connectivity index (χ1v) is 11.0. The maximum Gasteiger partial charge on any atom is 0.246 e. The number of amides is 1. The molecule has 0 unspecified atom stereocenters. The van der Waals surface area contributed by atoms with Crippen LogP contribution in [0.5, 0.6) is 0 Å². The van der Waals surface area contributed by atoms with E-state index < -0.39 is 0 Å². The van der Waals surface area contributed by atoms with Crippen LogP contribution < -0.4 is 4.90 Å². The lowest BCUT2D eigenvalue weighted by Crippen LogP contribution is -2.43. The van der Waals surface area contributed by atoms with E-state index in [9.17, 15) is 4.79 Å². The van der Waals surface area contributed by atoms with Crippen LogP contribution in [0.2, 0.25) is 10.0 Å². The number of hydrogen-bond donors (Lipinski definition) is 0. The van der Waals surface area contributed by atoms with Gasteiger partial charge in [0.2, 0.25) is 17.6 Å². The van der Waals surface area contributed by atoms with E-state index >= 15 is 0 Å². The van der Waals surface area contributed by atoms with Gasteiger partial charge in [-0.1, -0.05) is 46.1 Å². The molecule has 0 N–H and O–H groups in total. The smallest absolute Gasteiger partial charge is 0.246 e. The summed E-state index contributed by atoms with van der Waals surface area (Å²) in [5, 5.41) is 4.98. The predicted molar refractivity (Wildman–Crippen MR) is 122 cm³/mol. The van der Waals surface area contributed by atoms with Gasteiger partial charge >= 0.3 is 0 Å². The maximum absolute atomic E-state index is 13.1. The zero-order valence-corrected chi connectivity index (χ0v) is 19.0. The zero-order valence-electron chi connectivity index (χ0n) is 17.5. The molecule has 1 fully saturated rings. The van der Waals surface area contributed by atoms with Gasteiger partial charge in [0.05, 0.1) is 17.5 Å². The van der Waals surface area contributed by atoms with Crippen molar-refractivity contribution in [2.75, 3.05) is 25.0 Å². The van der Waals surface area contributed by atoms with Crippen LogP contribution >= 0.6 is 23.2 Å². The number of nitrogens with zero attached hydrogens (tertiary/aromatic N) is 4. The van der Waals surface area contributed by atoms with Crippen molar-refractivity contribution >= 4 is 34.8 Å². The van der Waals surface area contributed by atoms with Gasteiger partial charge in [0.1, 0.15) is 0 Å². The fourth-order valence-electron chi connectivity index (χ4n) is 3.86. The monoisotopic (exact) mass is 458 g/mol. The van der Waals surface area contributed by atoms with Gasteiger partial charge in [-0.25, -0.2) is 0 Å². The molecule has 3 aromatic rings. The number of carbonyl (C=O) groups excluding carboxylic acids is 1. The largest absolute Gasteiger partial charge is 0.371 e. The van der Waals surface area contributed by atoms with Crippen molar-refractivity contribution < 1.29 is 9.32 Å². The molecule has 0 radical (unpaired) electrons. The summed E-state index contributed by atoms with van der Waals surface area (Å²) in [4.78, 5) is 21.4. The molecule has 8 heteroatoms. The minimum Gasteiger partial charge on any atom is -0.371 e. The standard InChI is InChI=1S/C23H24Cl2N4O2/c1-15-5-8-18(9-6-15)29-11-3-4-16(13-29)23(30)28(2)14-21-26-22(27-31-21)19-10-7-17(24)12-20(19)25/h5-10,12,16H,3-4,11,13-14H2,1-2H3/t16-/m0/s1. The van der Waals surface area contributed by atoms with Crippen molar-refractivity contribution in [1.29, 1.82) is 0 Å². The average Bonchev–Trinajstić information content (AvgIpc) is 3.22. The second-order valence-electron chi connectivity index (χ2n) is 7.95. The van der Waals surface area contributed by atoms with Gasteiger partial charge < -0.3 is 14.3 Å². The Hall–Kier alpha value is -2.57. The van der Waals surface area contributed by atoms with Crippen LogP contribution in [0.4, 0.5) is 5.69 Å². The highest BCUT2D eigenvalue weighted by molar-refractivity contribution is 6.36.